The first-order chi connectivity index (χ1) is 10.7. The minimum absolute atomic E-state index is 0.204. The van der Waals surface area contributed by atoms with Crippen LogP contribution in [0.2, 0.25) is 0 Å². The fraction of sp³-hybridized carbons (Fsp3) is 0.294. The van der Waals surface area contributed by atoms with Crippen LogP contribution in [0.4, 0.5) is 0 Å². The Morgan fingerprint density at radius 3 is 1.35 bits per heavy atom. The lowest BCUT2D eigenvalue weighted by atomic mass is 9.73. The molecule has 0 amide bonds. The summed E-state index contributed by atoms with van der Waals surface area (Å²) in [5, 5.41) is 19.6. The summed E-state index contributed by atoms with van der Waals surface area (Å²) < 4.78 is 3.36. The molecule has 2 aromatic carbocycles. The first kappa shape index (κ1) is 19.3. The summed E-state index contributed by atoms with van der Waals surface area (Å²) in [6, 6.07) is 6.82. The molecule has 0 bridgehead atoms. The van der Waals surface area contributed by atoms with Crippen LogP contribution in [0.25, 0.3) is 0 Å². The first-order valence-corrected chi connectivity index (χ1v) is 10.2. The first-order valence-electron chi connectivity index (χ1n) is 7.07. The second kappa shape index (κ2) is 7.46. The Morgan fingerprint density at radius 2 is 1.09 bits per heavy atom. The van der Waals surface area contributed by atoms with Crippen molar-refractivity contribution in [2.24, 2.45) is 0 Å². The Hall–Kier alpha value is -0.0400. The van der Waals surface area contributed by atoms with E-state index in [9.17, 15) is 10.2 Å². The van der Waals surface area contributed by atoms with Gasteiger partial charge in [-0.1, -0.05) is 84.0 Å². The summed E-state index contributed by atoms with van der Waals surface area (Å²) in [7, 11) is 0. The van der Waals surface area contributed by atoms with Gasteiger partial charge >= 0.3 is 0 Å². The smallest absolute Gasteiger partial charge is 0.117 e. The highest BCUT2D eigenvalue weighted by atomic mass is 79.9. The van der Waals surface area contributed by atoms with Crippen LogP contribution in [-0.4, -0.2) is 10.2 Å². The topological polar surface area (TPSA) is 40.5 Å². The molecule has 0 fully saturated rings. The van der Waals surface area contributed by atoms with Gasteiger partial charge in [-0.3, -0.25) is 0 Å². The Bertz CT molecular complexity index is 640. The molecular weight excluding hydrogens is 556 g/mol. The van der Waals surface area contributed by atoms with Crippen molar-refractivity contribution in [2.75, 3.05) is 0 Å². The molecule has 0 aliphatic heterocycles. The fourth-order valence-corrected chi connectivity index (χ4v) is 7.12. The third-order valence-corrected chi connectivity index (χ3v) is 6.41. The summed E-state index contributed by atoms with van der Waals surface area (Å²) in [5.74, 6) is 0.408. The van der Waals surface area contributed by atoms with Crippen LogP contribution in [0.15, 0.2) is 42.2 Å². The van der Waals surface area contributed by atoms with Crippen LogP contribution in [0.3, 0.4) is 0 Å². The lowest BCUT2D eigenvalue weighted by Gasteiger charge is -2.34. The number of halogens is 4. The second-order valence-corrected chi connectivity index (χ2v) is 9.07. The Morgan fingerprint density at radius 1 is 0.783 bits per heavy atom. The van der Waals surface area contributed by atoms with E-state index in [1.807, 2.05) is 0 Å². The largest absolute Gasteiger partial charge is 0.508 e. The molecule has 0 atom stereocenters. The second-order valence-electron chi connectivity index (χ2n) is 5.65. The van der Waals surface area contributed by atoms with Crippen molar-refractivity contribution in [3.05, 3.63) is 53.3 Å². The van der Waals surface area contributed by atoms with Crippen LogP contribution in [0, 0.1) is 0 Å². The van der Waals surface area contributed by atoms with Crippen LogP contribution >= 0.6 is 63.7 Å². The quantitative estimate of drug-likeness (QED) is 0.406. The molecule has 2 aromatic rings. The van der Waals surface area contributed by atoms with E-state index in [4.69, 9.17) is 0 Å². The summed E-state index contributed by atoms with van der Waals surface area (Å²) in [6.07, 6.45) is 1.88. The van der Waals surface area contributed by atoms with Gasteiger partial charge < -0.3 is 10.2 Å². The van der Waals surface area contributed by atoms with Gasteiger partial charge in [-0.15, -0.1) is 0 Å². The van der Waals surface area contributed by atoms with Crippen molar-refractivity contribution in [1.29, 1.82) is 0 Å². The third-order valence-electron chi connectivity index (χ3n) is 3.91. The van der Waals surface area contributed by atoms with Crippen molar-refractivity contribution in [3.8, 4) is 11.5 Å². The molecule has 6 heteroatoms. The highest BCUT2D eigenvalue weighted by Gasteiger charge is 2.35. The van der Waals surface area contributed by atoms with Gasteiger partial charge in [-0.05, 0) is 41.8 Å². The van der Waals surface area contributed by atoms with E-state index in [2.05, 4.69) is 77.6 Å². The number of rotatable bonds is 4. The zero-order chi connectivity index (χ0) is 17.4. The van der Waals surface area contributed by atoms with Crippen LogP contribution < -0.4 is 0 Å². The third kappa shape index (κ3) is 3.80. The van der Waals surface area contributed by atoms with Gasteiger partial charge in [-0.2, -0.15) is 0 Å². The lowest BCUT2D eigenvalue weighted by Crippen LogP contribution is -2.26. The number of aromatic hydroxyl groups is 2. The maximum Gasteiger partial charge on any atom is 0.117 e. The zero-order valence-electron chi connectivity index (χ0n) is 12.6. The molecule has 0 spiro atoms. The molecule has 0 aliphatic rings. The van der Waals surface area contributed by atoms with E-state index < -0.39 is 0 Å². The van der Waals surface area contributed by atoms with E-state index in [0.29, 0.717) is 0 Å². The number of phenolic OH excluding ortho intramolecular Hbond substituents is 2. The average Bonchev–Trinajstić information content (AvgIpc) is 2.35. The van der Waals surface area contributed by atoms with Gasteiger partial charge in [0.05, 0.1) is 0 Å². The summed E-state index contributed by atoms with van der Waals surface area (Å²) in [6.45, 7) is 4.31. The number of phenols is 2. The van der Waals surface area contributed by atoms with Gasteiger partial charge in [-0.25, -0.2) is 0 Å². The Labute approximate surface area is 169 Å². The van der Waals surface area contributed by atoms with Crippen molar-refractivity contribution in [2.45, 2.75) is 32.1 Å². The Balaban J connectivity index is 2.81. The predicted octanol–water partition coefficient (Wildman–Crippen LogP) is 7.25. The monoisotopic (exact) mass is 568 g/mol. The maximum atomic E-state index is 9.82. The zero-order valence-corrected chi connectivity index (χ0v) is 19.0. The fourth-order valence-electron chi connectivity index (χ4n) is 3.05. The van der Waals surface area contributed by atoms with Gasteiger partial charge in [0.15, 0.2) is 0 Å². The van der Waals surface area contributed by atoms with Gasteiger partial charge in [0.25, 0.3) is 0 Å². The van der Waals surface area contributed by atoms with Crippen LogP contribution in [0.1, 0.15) is 37.8 Å². The van der Waals surface area contributed by atoms with E-state index in [-0.39, 0.29) is 16.9 Å². The minimum Gasteiger partial charge on any atom is -0.508 e. The Kier molecular flexibility index (Phi) is 6.26. The molecular formula is C17H16Br4O2. The van der Waals surface area contributed by atoms with E-state index in [0.717, 1.165) is 41.9 Å². The SMILES string of the molecule is CCCC(C)(c1c(Br)cc(O)cc1Br)c1c(Br)cc(O)cc1Br. The van der Waals surface area contributed by atoms with Crippen molar-refractivity contribution in [3.63, 3.8) is 0 Å². The molecule has 0 aromatic heterocycles. The van der Waals surface area contributed by atoms with Crippen LogP contribution in [-0.2, 0) is 5.41 Å². The van der Waals surface area contributed by atoms with Crippen molar-refractivity contribution >= 4 is 63.7 Å². The highest BCUT2D eigenvalue weighted by Crippen LogP contribution is 2.50. The standard InChI is InChI=1S/C17H16Br4O2/c1-3-4-17(2,15-11(18)5-9(22)6-12(15)19)16-13(20)7-10(23)8-14(16)21/h5-8,22-23H,3-4H2,1-2H3. The highest BCUT2D eigenvalue weighted by molar-refractivity contribution is 9.11. The van der Waals surface area contributed by atoms with Gasteiger partial charge in [0.2, 0.25) is 0 Å². The number of benzene rings is 2. The average molecular weight is 572 g/mol. The molecule has 124 valence electrons. The minimum atomic E-state index is -0.328. The molecule has 2 nitrogen and oxygen atoms in total. The summed E-state index contributed by atoms with van der Waals surface area (Å²) in [5.41, 5.74) is 1.79. The number of hydrogen-bond donors (Lipinski definition) is 2. The molecule has 0 saturated heterocycles. The molecule has 0 aliphatic carbocycles. The van der Waals surface area contributed by atoms with Gasteiger partial charge in [0, 0.05) is 23.3 Å². The summed E-state index contributed by atoms with van der Waals surface area (Å²) >= 11 is 14.4. The summed E-state index contributed by atoms with van der Waals surface area (Å²) in [4.78, 5) is 0. The van der Waals surface area contributed by atoms with Crippen molar-refractivity contribution < 1.29 is 10.2 Å². The molecule has 0 heterocycles. The van der Waals surface area contributed by atoms with E-state index in [1.54, 1.807) is 24.3 Å². The van der Waals surface area contributed by atoms with Crippen molar-refractivity contribution in [1.82, 2.24) is 0 Å². The lowest BCUT2D eigenvalue weighted by molar-refractivity contribution is 0.466. The molecule has 2 rings (SSSR count). The maximum absolute atomic E-state index is 9.82. The molecule has 0 saturated carbocycles. The van der Waals surface area contributed by atoms with E-state index in [1.165, 1.54) is 0 Å². The molecule has 23 heavy (non-hydrogen) atoms. The van der Waals surface area contributed by atoms with E-state index >= 15 is 0 Å². The molecule has 2 N–H and O–H groups in total. The molecule has 0 radical (unpaired) electrons. The normalized spacial score (nSPS) is 11.7. The van der Waals surface area contributed by atoms with Crippen LogP contribution in [0.5, 0.6) is 11.5 Å². The number of hydrogen-bond acceptors (Lipinski definition) is 2. The van der Waals surface area contributed by atoms with Gasteiger partial charge in [0.1, 0.15) is 11.5 Å². The molecule has 0 unspecified atom stereocenters. The predicted molar refractivity (Wildman–Crippen MR) is 108 cm³/mol.